The van der Waals surface area contributed by atoms with Gasteiger partial charge in [-0.2, -0.15) is 0 Å². The summed E-state index contributed by atoms with van der Waals surface area (Å²) < 4.78 is 11.3. The summed E-state index contributed by atoms with van der Waals surface area (Å²) in [6.45, 7) is 14.0. The number of nitrogens with one attached hydrogen (secondary N) is 1. The summed E-state index contributed by atoms with van der Waals surface area (Å²) in [5, 5.41) is 19.1. The van der Waals surface area contributed by atoms with E-state index in [0.717, 1.165) is 46.2 Å². The van der Waals surface area contributed by atoms with Crippen LogP contribution in [0.3, 0.4) is 0 Å². The Kier molecular flexibility index (Phi) is 8.36. The van der Waals surface area contributed by atoms with Crippen molar-refractivity contribution in [3.05, 3.63) is 81.7 Å². The molecule has 3 atom stereocenters. The Morgan fingerprint density at radius 3 is 2.47 bits per heavy atom. The van der Waals surface area contributed by atoms with Crippen LogP contribution in [0.4, 0.5) is 0 Å². The molecule has 2 N–H and O–H groups in total. The summed E-state index contributed by atoms with van der Waals surface area (Å²) in [5.41, 5.74) is 6.13. The molecule has 0 aliphatic rings. The molecular weight excluding hydrogens is 478 g/mol. The zero-order valence-electron chi connectivity index (χ0n) is 23.5. The molecule has 4 rings (SSSR count). The number of pyridine rings is 1. The molecule has 7 nitrogen and oxygen atoms in total. The number of hydrogen-bond donors (Lipinski definition) is 2. The minimum absolute atomic E-state index is 0.0363. The number of carbonyl (C=O) groups is 1. The highest BCUT2D eigenvalue weighted by atomic mass is 16.5. The summed E-state index contributed by atoms with van der Waals surface area (Å²) >= 11 is 0. The standard InChI is InChI=1S/C31H39N3O4/c1-17(2)8-10-25(30-19(4)12-18(3)16-32-30)33-28(35)14-23-9-11-26-24(13-23)15-27(37-26)20(5)31(36)29-21(6)34-38-22(29)7/h9,11-13,15-17,20,25,31,36H,8,10,14H2,1-7H3,(H,33,35). The molecule has 0 spiro atoms. The number of amides is 1. The van der Waals surface area contributed by atoms with E-state index in [4.69, 9.17) is 8.94 Å². The van der Waals surface area contributed by atoms with Gasteiger partial charge >= 0.3 is 0 Å². The highest BCUT2D eigenvalue weighted by Crippen LogP contribution is 2.36. The molecule has 4 aromatic rings. The molecular formula is C31H39N3O4. The third-order valence-corrected chi connectivity index (χ3v) is 7.22. The van der Waals surface area contributed by atoms with Gasteiger partial charge in [-0.1, -0.05) is 38.1 Å². The first kappa shape index (κ1) is 27.6. The van der Waals surface area contributed by atoms with E-state index in [2.05, 4.69) is 42.3 Å². The number of furan rings is 1. The van der Waals surface area contributed by atoms with Crippen LogP contribution in [-0.2, 0) is 11.2 Å². The molecule has 0 bridgehead atoms. The van der Waals surface area contributed by atoms with Gasteiger partial charge in [-0.3, -0.25) is 9.78 Å². The molecule has 0 fully saturated rings. The van der Waals surface area contributed by atoms with Crippen molar-refractivity contribution in [2.45, 2.75) is 85.8 Å². The van der Waals surface area contributed by atoms with Gasteiger partial charge in [0.2, 0.25) is 5.91 Å². The number of hydrogen-bond acceptors (Lipinski definition) is 6. The minimum atomic E-state index is -0.798. The fourth-order valence-electron chi connectivity index (χ4n) is 5.06. The Hall–Kier alpha value is -3.45. The molecule has 3 aromatic heterocycles. The average Bonchev–Trinajstić information content (AvgIpc) is 3.43. The smallest absolute Gasteiger partial charge is 0.224 e. The van der Waals surface area contributed by atoms with Gasteiger partial charge in [0.1, 0.15) is 17.1 Å². The molecule has 202 valence electrons. The van der Waals surface area contributed by atoms with Crippen LogP contribution in [0.5, 0.6) is 0 Å². The van der Waals surface area contributed by atoms with Gasteiger partial charge in [0.25, 0.3) is 0 Å². The Balaban J connectivity index is 1.49. The number of nitrogens with zero attached hydrogens (tertiary/aromatic N) is 2. The predicted octanol–water partition coefficient (Wildman–Crippen LogP) is 6.72. The Morgan fingerprint density at radius 2 is 1.82 bits per heavy atom. The summed E-state index contributed by atoms with van der Waals surface area (Å²) in [7, 11) is 0. The quantitative estimate of drug-likeness (QED) is 0.242. The van der Waals surface area contributed by atoms with Crippen LogP contribution in [0.2, 0.25) is 0 Å². The predicted molar refractivity (Wildman–Crippen MR) is 148 cm³/mol. The van der Waals surface area contributed by atoms with Gasteiger partial charge in [0, 0.05) is 23.1 Å². The Labute approximate surface area is 224 Å². The molecule has 1 amide bonds. The lowest BCUT2D eigenvalue weighted by Gasteiger charge is -2.21. The molecule has 38 heavy (non-hydrogen) atoms. The molecule has 0 radical (unpaired) electrons. The van der Waals surface area contributed by atoms with Gasteiger partial charge in [-0.15, -0.1) is 0 Å². The second-order valence-electron chi connectivity index (χ2n) is 11.0. The van der Waals surface area contributed by atoms with E-state index in [1.807, 2.05) is 51.2 Å². The Morgan fingerprint density at radius 1 is 1.05 bits per heavy atom. The van der Waals surface area contributed by atoms with Gasteiger partial charge in [0.05, 0.1) is 30.0 Å². The minimum Gasteiger partial charge on any atom is -0.461 e. The van der Waals surface area contributed by atoms with Crippen molar-refractivity contribution < 1.29 is 18.8 Å². The number of aromatic nitrogens is 2. The SMILES string of the molecule is Cc1cnc(C(CCC(C)C)NC(=O)Cc2ccc3oc(C(C)C(O)c4c(C)noc4C)cc3c2)c(C)c1. The van der Waals surface area contributed by atoms with E-state index in [-0.39, 0.29) is 24.3 Å². The van der Waals surface area contributed by atoms with Crippen molar-refractivity contribution in [2.75, 3.05) is 0 Å². The van der Waals surface area contributed by atoms with Crippen molar-refractivity contribution in [3.63, 3.8) is 0 Å². The Bertz CT molecular complexity index is 1400. The van der Waals surface area contributed by atoms with Crippen LogP contribution < -0.4 is 5.32 Å². The number of aliphatic hydroxyl groups is 1. The third kappa shape index (κ3) is 6.16. The number of rotatable bonds is 10. The molecule has 0 saturated heterocycles. The van der Waals surface area contributed by atoms with Crippen molar-refractivity contribution in [1.82, 2.24) is 15.5 Å². The second kappa shape index (κ2) is 11.5. The zero-order valence-corrected chi connectivity index (χ0v) is 23.5. The van der Waals surface area contributed by atoms with Gasteiger partial charge in [-0.05, 0) is 81.3 Å². The van der Waals surface area contributed by atoms with Gasteiger partial charge < -0.3 is 19.4 Å². The van der Waals surface area contributed by atoms with Crippen molar-refractivity contribution in [3.8, 4) is 0 Å². The fraction of sp³-hybridized carbons (Fsp3) is 0.452. The maximum atomic E-state index is 13.1. The lowest BCUT2D eigenvalue weighted by atomic mass is 9.94. The number of benzene rings is 1. The summed E-state index contributed by atoms with van der Waals surface area (Å²) in [5.74, 6) is 1.48. The van der Waals surface area contributed by atoms with E-state index in [0.29, 0.717) is 28.7 Å². The van der Waals surface area contributed by atoms with Crippen LogP contribution in [0.15, 0.2) is 45.5 Å². The molecule has 0 aliphatic carbocycles. The lowest BCUT2D eigenvalue weighted by Crippen LogP contribution is -2.31. The lowest BCUT2D eigenvalue weighted by molar-refractivity contribution is -0.121. The maximum absolute atomic E-state index is 13.1. The topological polar surface area (TPSA) is 101 Å². The van der Waals surface area contributed by atoms with Gasteiger partial charge in [-0.25, -0.2) is 0 Å². The normalized spacial score (nSPS) is 14.1. The number of aryl methyl sites for hydroxylation is 4. The molecule has 3 heterocycles. The third-order valence-electron chi connectivity index (χ3n) is 7.22. The fourth-order valence-corrected chi connectivity index (χ4v) is 5.06. The van der Waals surface area contributed by atoms with E-state index >= 15 is 0 Å². The van der Waals surface area contributed by atoms with Crippen molar-refractivity contribution in [1.29, 1.82) is 0 Å². The van der Waals surface area contributed by atoms with Gasteiger partial charge in [0.15, 0.2) is 0 Å². The van der Waals surface area contributed by atoms with Crippen LogP contribution in [0.25, 0.3) is 11.0 Å². The van der Waals surface area contributed by atoms with E-state index in [1.54, 1.807) is 6.92 Å². The highest BCUT2D eigenvalue weighted by molar-refractivity contribution is 5.83. The molecule has 0 saturated carbocycles. The number of fused-ring (bicyclic) bond motifs is 1. The monoisotopic (exact) mass is 517 g/mol. The van der Waals surface area contributed by atoms with Crippen molar-refractivity contribution in [2.24, 2.45) is 5.92 Å². The molecule has 3 unspecified atom stereocenters. The van der Waals surface area contributed by atoms with E-state index in [1.165, 1.54) is 0 Å². The first-order chi connectivity index (χ1) is 18.0. The second-order valence-corrected chi connectivity index (χ2v) is 11.0. The van der Waals surface area contributed by atoms with Crippen molar-refractivity contribution >= 4 is 16.9 Å². The summed E-state index contributed by atoms with van der Waals surface area (Å²) in [6, 6.07) is 9.72. The average molecular weight is 518 g/mol. The zero-order chi connectivity index (χ0) is 27.6. The largest absolute Gasteiger partial charge is 0.461 e. The van der Waals surface area contributed by atoms with Crippen LogP contribution in [0.1, 0.15) is 96.8 Å². The maximum Gasteiger partial charge on any atom is 0.224 e. The molecule has 7 heteroatoms. The summed E-state index contributed by atoms with van der Waals surface area (Å²) in [4.78, 5) is 17.8. The summed E-state index contributed by atoms with van der Waals surface area (Å²) in [6.07, 6.45) is 3.17. The molecule has 1 aromatic carbocycles. The van der Waals surface area contributed by atoms with Crippen LogP contribution in [0, 0.1) is 33.6 Å². The molecule has 0 aliphatic heterocycles. The first-order valence-electron chi connectivity index (χ1n) is 13.4. The van der Waals surface area contributed by atoms with Crippen LogP contribution in [-0.4, -0.2) is 21.2 Å². The van der Waals surface area contributed by atoms with E-state index < -0.39 is 6.10 Å². The highest BCUT2D eigenvalue weighted by Gasteiger charge is 2.27. The first-order valence-corrected chi connectivity index (χ1v) is 13.4. The van der Waals surface area contributed by atoms with Crippen LogP contribution >= 0.6 is 0 Å². The number of carbonyl (C=O) groups excluding carboxylic acids is 1. The van der Waals surface area contributed by atoms with E-state index in [9.17, 15) is 9.90 Å². The number of aliphatic hydroxyl groups excluding tert-OH is 1.